The van der Waals surface area contributed by atoms with Crippen LogP contribution < -0.4 is 16.0 Å². The van der Waals surface area contributed by atoms with Gasteiger partial charge in [0, 0.05) is 20.3 Å². The minimum Gasteiger partial charge on any atom is -0.467 e. The molecule has 2 aromatic heterocycles. The Kier molecular flexibility index (Phi) is 3.75. The van der Waals surface area contributed by atoms with Crippen LogP contribution in [0.2, 0.25) is 0 Å². The number of hydrazine groups is 1. The van der Waals surface area contributed by atoms with E-state index < -0.39 is 0 Å². The normalized spacial score (nSPS) is 10.2. The minimum atomic E-state index is -0.220. The Balaban J connectivity index is 2.39. The predicted molar refractivity (Wildman–Crippen MR) is 69.3 cm³/mol. The largest absolute Gasteiger partial charge is 0.467 e. The summed E-state index contributed by atoms with van der Waals surface area (Å²) in [6.07, 6.45) is 1.56. The molecule has 0 aliphatic rings. The fourth-order valence-electron chi connectivity index (χ4n) is 1.38. The van der Waals surface area contributed by atoms with Gasteiger partial charge in [-0.25, -0.2) is 10.5 Å². The first-order chi connectivity index (χ1) is 9.55. The molecule has 2 rings (SSSR count). The third kappa shape index (κ3) is 2.64. The van der Waals surface area contributed by atoms with Gasteiger partial charge < -0.3 is 9.64 Å². The number of rotatable bonds is 4. The van der Waals surface area contributed by atoms with Gasteiger partial charge in [-0.2, -0.15) is 20.1 Å². The maximum atomic E-state index is 11.8. The van der Waals surface area contributed by atoms with Crippen molar-refractivity contribution in [2.24, 2.45) is 5.84 Å². The second kappa shape index (κ2) is 5.48. The molecule has 0 aromatic carbocycles. The van der Waals surface area contributed by atoms with Crippen molar-refractivity contribution in [3.8, 4) is 12.0 Å². The molecule has 2 heterocycles. The summed E-state index contributed by atoms with van der Waals surface area (Å²) in [5.41, 5.74) is 2.58. The summed E-state index contributed by atoms with van der Waals surface area (Å²) in [5, 5.41) is 4.10. The van der Waals surface area contributed by atoms with E-state index in [2.05, 4.69) is 25.5 Å². The Morgan fingerprint density at radius 1 is 1.40 bits per heavy atom. The van der Waals surface area contributed by atoms with Crippen LogP contribution in [0.4, 0.5) is 5.95 Å². The molecule has 0 saturated carbocycles. The van der Waals surface area contributed by atoms with Crippen LogP contribution in [-0.4, -0.2) is 56.7 Å². The smallest absolute Gasteiger partial charge is 0.322 e. The van der Waals surface area contributed by atoms with Gasteiger partial charge in [0.15, 0.2) is 5.69 Å². The molecule has 0 bridgehead atoms. The Morgan fingerprint density at radius 3 is 2.75 bits per heavy atom. The van der Waals surface area contributed by atoms with E-state index in [-0.39, 0.29) is 29.5 Å². The number of hydrogen-bond donors (Lipinski definition) is 2. The van der Waals surface area contributed by atoms with E-state index in [0.717, 1.165) is 0 Å². The first kappa shape index (κ1) is 13.7. The molecule has 0 atom stereocenters. The third-order valence-electron chi connectivity index (χ3n) is 2.33. The zero-order chi connectivity index (χ0) is 14.7. The number of nitrogens with zero attached hydrogens (tertiary/aromatic N) is 6. The molecular formula is C10H14N8O2. The summed E-state index contributed by atoms with van der Waals surface area (Å²) < 4.78 is 6.27. The number of ether oxygens (including phenoxy) is 1. The maximum absolute atomic E-state index is 11.8. The summed E-state index contributed by atoms with van der Waals surface area (Å²) in [6.45, 7) is 0. The van der Waals surface area contributed by atoms with E-state index in [0.29, 0.717) is 0 Å². The van der Waals surface area contributed by atoms with E-state index in [1.54, 1.807) is 26.4 Å². The van der Waals surface area contributed by atoms with E-state index in [4.69, 9.17) is 10.6 Å². The van der Waals surface area contributed by atoms with Gasteiger partial charge in [-0.05, 0) is 6.07 Å². The number of carbonyl (C=O) groups is 1. The van der Waals surface area contributed by atoms with Gasteiger partial charge in [-0.15, -0.1) is 0 Å². The van der Waals surface area contributed by atoms with Crippen molar-refractivity contribution >= 4 is 11.9 Å². The molecule has 0 saturated heterocycles. The fraction of sp³-hybridized carbons (Fsp3) is 0.300. The highest BCUT2D eigenvalue weighted by atomic mass is 16.5. The molecule has 106 valence electrons. The van der Waals surface area contributed by atoms with E-state index in [1.165, 1.54) is 16.7 Å². The quantitative estimate of drug-likeness (QED) is 0.542. The number of aromatic nitrogens is 5. The van der Waals surface area contributed by atoms with Gasteiger partial charge in [0.25, 0.3) is 11.9 Å². The van der Waals surface area contributed by atoms with Crippen molar-refractivity contribution in [1.82, 2.24) is 29.6 Å². The lowest BCUT2D eigenvalue weighted by Crippen LogP contribution is -2.22. The number of amides is 1. The Hall–Kier alpha value is -2.75. The van der Waals surface area contributed by atoms with Gasteiger partial charge in [-0.1, -0.05) is 0 Å². The van der Waals surface area contributed by atoms with Gasteiger partial charge >= 0.3 is 6.01 Å². The highest BCUT2D eigenvalue weighted by molar-refractivity contribution is 5.91. The maximum Gasteiger partial charge on any atom is 0.322 e. The van der Waals surface area contributed by atoms with Crippen molar-refractivity contribution < 1.29 is 9.53 Å². The number of anilines is 1. The van der Waals surface area contributed by atoms with Crippen LogP contribution in [0.3, 0.4) is 0 Å². The predicted octanol–water partition coefficient (Wildman–Crippen LogP) is -0.947. The van der Waals surface area contributed by atoms with Crippen LogP contribution in [0.25, 0.3) is 5.95 Å². The first-order valence-electron chi connectivity index (χ1n) is 5.59. The van der Waals surface area contributed by atoms with E-state index in [9.17, 15) is 4.79 Å². The average molecular weight is 278 g/mol. The van der Waals surface area contributed by atoms with Crippen LogP contribution in [0.15, 0.2) is 12.3 Å². The van der Waals surface area contributed by atoms with Crippen LogP contribution in [0.5, 0.6) is 6.01 Å². The average Bonchev–Trinajstić information content (AvgIpc) is 2.95. The molecule has 3 N–H and O–H groups in total. The number of nitrogens with two attached hydrogens (primary N) is 1. The summed E-state index contributed by atoms with van der Waals surface area (Å²) in [7, 11) is 4.71. The Labute approximate surface area is 114 Å². The van der Waals surface area contributed by atoms with E-state index in [1.807, 2.05) is 0 Å². The SMILES string of the molecule is COc1nc(NN)nc(-n2ccc(C(=O)N(C)C)n2)n1. The molecule has 0 spiro atoms. The van der Waals surface area contributed by atoms with Crippen molar-refractivity contribution in [1.29, 1.82) is 0 Å². The molecule has 2 aromatic rings. The van der Waals surface area contributed by atoms with Gasteiger partial charge in [0.2, 0.25) is 5.95 Å². The van der Waals surface area contributed by atoms with Crippen molar-refractivity contribution in [3.05, 3.63) is 18.0 Å². The van der Waals surface area contributed by atoms with Crippen LogP contribution >= 0.6 is 0 Å². The summed E-state index contributed by atoms with van der Waals surface area (Å²) in [5.74, 6) is 5.35. The number of nitrogens with one attached hydrogen (secondary N) is 1. The molecule has 1 amide bonds. The second-order valence-electron chi connectivity index (χ2n) is 3.94. The molecular weight excluding hydrogens is 264 g/mol. The second-order valence-corrected chi connectivity index (χ2v) is 3.94. The number of nitrogen functional groups attached to an aromatic ring is 1. The standard InChI is InChI=1S/C10H14N8O2/c1-17(2)7(19)6-4-5-18(16-6)9-12-8(15-11)13-10(14-9)20-3/h4-5H,11H2,1-3H3,(H,12,13,14,15). The van der Waals surface area contributed by atoms with Crippen LogP contribution in [-0.2, 0) is 0 Å². The van der Waals surface area contributed by atoms with Crippen molar-refractivity contribution in [2.75, 3.05) is 26.6 Å². The molecule has 20 heavy (non-hydrogen) atoms. The van der Waals surface area contributed by atoms with E-state index >= 15 is 0 Å². The number of hydrogen-bond acceptors (Lipinski definition) is 8. The van der Waals surface area contributed by atoms with Gasteiger partial charge in [0.1, 0.15) is 0 Å². The lowest BCUT2D eigenvalue weighted by Gasteiger charge is -2.07. The molecule has 0 unspecified atom stereocenters. The lowest BCUT2D eigenvalue weighted by molar-refractivity contribution is 0.0821. The summed E-state index contributed by atoms with van der Waals surface area (Å²) >= 11 is 0. The van der Waals surface area contributed by atoms with Crippen LogP contribution in [0, 0.1) is 0 Å². The number of carbonyl (C=O) groups excluding carboxylic acids is 1. The highest BCUT2D eigenvalue weighted by Gasteiger charge is 2.14. The zero-order valence-electron chi connectivity index (χ0n) is 11.2. The zero-order valence-corrected chi connectivity index (χ0v) is 11.2. The summed E-state index contributed by atoms with van der Waals surface area (Å²) in [6, 6.07) is 1.65. The molecule has 0 radical (unpaired) electrons. The number of methoxy groups -OCH3 is 1. The van der Waals surface area contributed by atoms with Crippen molar-refractivity contribution in [3.63, 3.8) is 0 Å². The fourth-order valence-corrected chi connectivity index (χ4v) is 1.38. The molecule has 10 heteroatoms. The van der Waals surface area contributed by atoms with Gasteiger partial charge in [0.05, 0.1) is 7.11 Å². The molecule has 0 aliphatic heterocycles. The lowest BCUT2D eigenvalue weighted by atomic mass is 10.4. The molecule has 0 fully saturated rings. The monoisotopic (exact) mass is 278 g/mol. The van der Waals surface area contributed by atoms with Crippen LogP contribution in [0.1, 0.15) is 10.5 Å². The Bertz CT molecular complexity index is 601. The summed E-state index contributed by atoms with van der Waals surface area (Å²) in [4.78, 5) is 25.1. The Morgan fingerprint density at radius 2 is 2.15 bits per heavy atom. The minimum absolute atomic E-state index is 0.0823. The third-order valence-corrected chi connectivity index (χ3v) is 2.33. The highest BCUT2D eigenvalue weighted by Crippen LogP contribution is 2.10. The topological polar surface area (TPSA) is 124 Å². The first-order valence-corrected chi connectivity index (χ1v) is 5.59. The van der Waals surface area contributed by atoms with Gasteiger partial charge in [-0.3, -0.25) is 10.2 Å². The molecule has 10 nitrogen and oxygen atoms in total. The van der Waals surface area contributed by atoms with Crippen molar-refractivity contribution in [2.45, 2.75) is 0 Å². The molecule has 0 aliphatic carbocycles.